The number of methoxy groups -OCH3 is 1. The summed E-state index contributed by atoms with van der Waals surface area (Å²) in [4.78, 5) is 24.9. The molecule has 0 unspecified atom stereocenters. The van der Waals surface area contributed by atoms with Gasteiger partial charge in [0.05, 0.1) is 24.2 Å². The normalized spacial score (nSPS) is 17.9. The van der Waals surface area contributed by atoms with Crippen molar-refractivity contribution >= 4 is 33.4 Å². The molecule has 1 aliphatic heterocycles. The summed E-state index contributed by atoms with van der Waals surface area (Å²) >= 11 is 0. The molecule has 7 nitrogen and oxygen atoms in total. The number of rotatable bonds is 7. The van der Waals surface area contributed by atoms with Gasteiger partial charge in [-0.3, -0.25) is 4.79 Å². The van der Waals surface area contributed by atoms with E-state index in [1.807, 2.05) is 24.3 Å². The van der Waals surface area contributed by atoms with Crippen molar-refractivity contribution in [2.45, 2.75) is 12.5 Å². The van der Waals surface area contributed by atoms with Crippen molar-refractivity contribution in [3.8, 4) is 5.75 Å². The maximum absolute atomic E-state index is 12.8. The SMILES string of the molecule is COc1ccccc1/C=C(\C(=O)OCC(=O)N[C@H]1CCS(=O)(=O)C1)c1ccccc1. The van der Waals surface area contributed by atoms with Crippen LogP contribution in [0.25, 0.3) is 11.6 Å². The Morgan fingerprint density at radius 1 is 1.10 bits per heavy atom. The quantitative estimate of drug-likeness (QED) is 0.411. The molecular weight excluding hydrogens is 406 g/mol. The summed E-state index contributed by atoms with van der Waals surface area (Å²) in [6.07, 6.45) is 2.02. The summed E-state index contributed by atoms with van der Waals surface area (Å²) < 4.78 is 33.6. The van der Waals surface area contributed by atoms with E-state index < -0.39 is 34.4 Å². The number of carbonyl (C=O) groups excluding carboxylic acids is 2. The molecule has 0 aliphatic carbocycles. The second kappa shape index (κ2) is 9.58. The van der Waals surface area contributed by atoms with Crippen LogP contribution in [0, 0.1) is 0 Å². The molecule has 2 aromatic rings. The Balaban J connectivity index is 1.73. The van der Waals surface area contributed by atoms with Crippen LogP contribution < -0.4 is 10.1 Å². The molecule has 1 heterocycles. The molecule has 2 aromatic carbocycles. The first-order chi connectivity index (χ1) is 14.4. The van der Waals surface area contributed by atoms with Gasteiger partial charge < -0.3 is 14.8 Å². The predicted molar refractivity (Wildman–Crippen MR) is 113 cm³/mol. The lowest BCUT2D eigenvalue weighted by molar-refractivity contribution is -0.143. The number of sulfone groups is 1. The van der Waals surface area contributed by atoms with Gasteiger partial charge in [0.15, 0.2) is 16.4 Å². The smallest absolute Gasteiger partial charge is 0.339 e. The Morgan fingerprint density at radius 3 is 2.47 bits per heavy atom. The van der Waals surface area contributed by atoms with Gasteiger partial charge in [0.1, 0.15) is 5.75 Å². The lowest BCUT2D eigenvalue weighted by atomic mass is 10.0. The summed E-state index contributed by atoms with van der Waals surface area (Å²) in [6, 6.07) is 15.8. The van der Waals surface area contributed by atoms with Crippen LogP contribution in [-0.4, -0.2) is 51.6 Å². The maximum Gasteiger partial charge on any atom is 0.339 e. The van der Waals surface area contributed by atoms with Crippen molar-refractivity contribution in [3.63, 3.8) is 0 Å². The van der Waals surface area contributed by atoms with Crippen molar-refractivity contribution in [1.29, 1.82) is 0 Å². The molecule has 1 saturated heterocycles. The first-order valence-electron chi connectivity index (χ1n) is 9.45. The minimum Gasteiger partial charge on any atom is -0.496 e. The zero-order valence-electron chi connectivity index (χ0n) is 16.5. The van der Waals surface area contributed by atoms with Gasteiger partial charge in [-0.15, -0.1) is 0 Å². The number of esters is 1. The highest BCUT2D eigenvalue weighted by atomic mass is 32.2. The van der Waals surface area contributed by atoms with E-state index in [9.17, 15) is 18.0 Å². The van der Waals surface area contributed by atoms with Gasteiger partial charge in [-0.2, -0.15) is 0 Å². The highest BCUT2D eigenvalue weighted by Crippen LogP contribution is 2.25. The molecule has 0 spiro atoms. The third kappa shape index (κ3) is 5.70. The van der Waals surface area contributed by atoms with Gasteiger partial charge in [-0.05, 0) is 24.1 Å². The molecule has 1 fully saturated rings. The number of amides is 1. The van der Waals surface area contributed by atoms with E-state index in [-0.39, 0.29) is 17.1 Å². The molecule has 158 valence electrons. The standard InChI is InChI=1S/C22H23NO6S/c1-28-20-10-6-5-9-17(20)13-19(16-7-3-2-4-8-16)22(25)29-14-21(24)23-18-11-12-30(26,27)15-18/h2-10,13,18H,11-12,14-15H2,1H3,(H,23,24)/b19-13-/t18-/m0/s1. The molecule has 1 N–H and O–H groups in total. The Morgan fingerprint density at radius 2 is 1.80 bits per heavy atom. The monoisotopic (exact) mass is 429 g/mol. The van der Waals surface area contributed by atoms with Crippen LogP contribution in [0.5, 0.6) is 5.75 Å². The fourth-order valence-electron chi connectivity index (χ4n) is 3.21. The van der Waals surface area contributed by atoms with Gasteiger partial charge in [0, 0.05) is 11.6 Å². The number of carbonyl (C=O) groups is 2. The van der Waals surface area contributed by atoms with E-state index in [0.29, 0.717) is 23.3 Å². The summed E-state index contributed by atoms with van der Waals surface area (Å²) in [5.74, 6) is -0.636. The van der Waals surface area contributed by atoms with Gasteiger partial charge in [0.2, 0.25) is 0 Å². The molecule has 1 aliphatic rings. The van der Waals surface area contributed by atoms with Crippen molar-refractivity contribution in [2.24, 2.45) is 0 Å². The molecule has 1 atom stereocenters. The van der Waals surface area contributed by atoms with Crippen molar-refractivity contribution in [3.05, 3.63) is 65.7 Å². The Hall–Kier alpha value is -3.13. The third-order valence-electron chi connectivity index (χ3n) is 4.68. The van der Waals surface area contributed by atoms with Crippen LogP contribution in [0.15, 0.2) is 54.6 Å². The number of ether oxygens (including phenoxy) is 2. The van der Waals surface area contributed by atoms with E-state index in [2.05, 4.69) is 5.32 Å². The number of hydrogen-bond acceptors (Lipinski definition) is 6. The van der Waals surface area contributed by atoms with Gasteiger partial charge in [-0.1, -0.05) is 48.5 Å². The van der Waals surface area contributed by atoms with E-state index in [4.69, 9.17) is 9.47 Å². The van der Waals surface area contributed by atoms with Crippen molar-refractivity contribution in [1.82, 2.24) is 5.32 Å². The highest BCUT2D eigenvalue weighted by molar-refractivity contribution is 7.91. The summed E-state index contributed by atoms with van der Waals surface area (Å²) in [6.45, 7) is -0.495. The van der Waals surface area contributed by atoms with Crippen LogP contribution in [0.1, 0.15) is 17.5 Å². The van der Waals surface area contributed by atoms with Crippen molar-refractivity contribution in [2.75, 3.05) is 25.2 Å². The van der Waals surface area contributed by atoms with Gasteiger partial charge in [-0.25, -0.2) is 13.2 Å². The second-order valence-corrected chi connectivity index (χ2v) is 9.14. The molecule has 0 bridgehead atoms. The van der Waals surface area contributed by atoms with Gasteiger partial charge >= 0.3 is 5.97 Å². The Labute approximate surface area is 175 Å². The largest absolute Gasteiger partial charge is 0.496 e. The first-order valence-corrected chi connectivity index (χ1v) is 11.3. The molecule has 30 heavy (non-hydrogen) atoms. The number of hydrogen-bond donors (Lipinski definition) is 1. The zero-order chi connectivity index (χ0) is 21.6. The predicted octanol–water partition coefficient (Wildman–Crippen LogP) is 2.08. The van der Waals surface area contributed by atoms with E-state index in [1.165, 1.54) is 0 Å². The number of nitrogens with one attached hydrogen (secondary N) is 1. The topological polar surface area (TPSA) is 98.8 Å². The zero-order valence-corrected chi connectivity index (χ0v) is 17.4. The number of para-hydroxylation sites is 1. The third-order valence-corrected chi connectivity index (χ3v) is 6.44. The first kappa shape index (κ1) is 21.6. The van der Waals surface area contributed by atoms with Crippen LogP contribution in [-0.2, 0) is 24.2 Å². The van der Waals surface area contributed by atoms with Crippen molar-refractivity contribution < 1.29 is 27.5 Å². The molecule has 1 amide bonds. The minimum absolute atomic E-state index is 0.0531. The van der Waals surface area contributed by atoms with Crippen LogP contribution in [0.4, 0.5) is 0 Å². The molecular formula is C22H23NO6S. The fourth-order valence-corrected chi connectivity index (χ4v) is 4.88. The van der Waals surface area contributed by atoms with E-state index in [0.717, 1.165) is 0 Å². The van der Waals surface area contributed by atoms with E-state index in [1.54, 1.807) is 43.5 Å². The van der Waals surface area contributed by atoms with Gasteiger partial charge in [0.25, 0.3) is 5.91 Å². The minimum atomic E-state index is -3.11. The molecule has 0 radical (unpaired) electrons. The van der Waals surface area contributed by atoms with Crippen LogP contribution in [0.2, 0.25) is 0 Å². The summed E-state index contributed by atoms with van der Waals surface area (Å²) in [7, 11) is -1.56. The lowest BCUT2D eigenvalue weighted by Gasteiger charge is -2.13. The Bertz CT molecular complexity index is 1050. The highest BCUT2D eigenvalue weighted by Gasteiger charge is 2.29. The molecule has 8 heteroatoms. The van der Waals surface area contributed by atoms with Crippen LogP contribution >= 0.6 is 0 Å². The lowest BCUT2D eigenvalue weighted by Crippen LogP contribution is -2.38. The molecule has 3 rings (SSSR count). The average Bonchev–Trinajstić information content (AvgIpc) is 3.09. The maximum atomic E-state index is 12.8. The average molecular weight is 429 g/mol. The second-order valence-electron chi connectivity index (χ2n) is 6.91. The Kier molecular flexibility index (Phi) is 6.89. The van der Waals surface area contributed by atoms with E-state index >= 15 is 0 Å². The fraction of sp³-hybridized carbons (Fsp3) is 0.273. The summed E-state index contributed by atoms with van der Waals surface area (Å²) in [5.41, 5.74) is 1.60. The summed E-state index contributed by atoms with van der Waals surface area (Å²) in [5, 5.41) is 2.60. The molecule has 0 saturated carbocycles. The number of benzene rings is 2. The molecule has 0 aromatic heterocycles. The van der Waals surface area contributed by atoms with Crippen LogP contribution in [0.3, 0.4) is 0 Å².